The zero-order valence-corrected chi connectivity index (χ0v) is 23.2. The van der Waals surface area contributed by atoms with Crippen LogP contribution in [-0.2, 0) is 35.3 Å². The van der Waals surface area contributed by atoms with Crippen LogP contribution >= 0.6 is 0 Å². The first kappa shape index (κ1) is 28.4. The van der Waals surface area contributed by atoms with Crippen LogP contribution < -0.4 is 5.32 Å². The maximum atomic E-state index is 13.2. The molecule has 0 spiro atoms. The number of hydrogen-bond acceptors (Lipinski definition) is 3. The highest BCUT2D eigenvalue weighted by molar-refractivity contribution is 8.00. The average molecular weight is 574 g/mol. The summed E-state index contributed by atoms with van der Waals surface area (Å²) < 4.78 is 66.2. The Kier molecular flexibility index (Phi) is 8.45. The summed E-state index contributed by atoms with van der Waals surface area (Å²) in [5, 5.41) is 2.92. The minimum Gasteiger partial charge on any atom is -0.368 e. The number of allylic oxidation sites excluding steroid dienone is 5. The first-order valence-corrected chi connectivity index (χ1v) is 15.1. The van der Waals surface area contributed by atoms with E-state index in [9.17, 15) is 21.6 Å². The van der Waals surface area contributed by atoms with Crippen LogP contribution in [0, 0.1) is 0 Å². The molecule has 0 radical (unpaired) electrons. The quantitative estimate of drug-likeness (QED) is 0.343. The standard InChI is InChI=1S/C28H23F3O2S.C6H7N/c29-28(30,31)26-12-4-2-8-20(26)9-6-18-34(32,33)27-13-5-11-22-24-15-14-19-7-1-3-10-21(19)23(24)16-17-25(22)27;1-2-4-6-7-5-3-1/h1-4,6-10,12-13,16-17H,5,11,14-15,18H2;1-7H. The van der Waals surface area contributed by atoms with E-state index in [1.807, 2.05) is 61.0 Å². The molecule has 2 aliphatic carbocycles. The molecule has 3 aromatic carbocycles. The number of rotatable bonds is 4. The molecule has 3 nitrogen and oxygen atoms in total. The highest BCUT2D eigenvalue weighted by Crippen LogP contribution is 2.41. The summed E-state index contributed by atoms with van der Waals surface area (Å²) in [5.41, 5.74) is 5.88. The van der Waals surface area contributed by atoms with E-state index >= 15 is 0 Å². The third-order valence-electron chi connectivity index (χ3n) is 7.31. The summed E-state index contributed by atoms with van der Waals surface area (Å²) in [6, 6.07) is 17.4. The lowest BCUT2D eigenvalue weighted by Gasteiger charge is -2.27. The lowest BCUT2D eigenvalue weighted by Crippen LogP contribution is -2.15. The third-order valence-corrected chi connectivity index (χ3v) is 8.99. The summed E-state index contributed by atoms with van der Waals surface area (Å²) in [6.45, 7) is 0. The van der Waals surface area contributed by atoms with Gasteiger partial charge in [-0.3, -0.25) is 0 Å². The predicted molar refractivity (Wildman–Crippen MR) is 160 cm³/mol. The summed E-state index contributed by atoms with van der Waals surface area (Å²) in [7, 11) is -3.71. The van der Waals surface area contributed by atoms with Crippen LogP contribution in [-0.4, -0.2) is 14.2 Å². The van der Waals surface area contributed by atoms with Gasteiger partial charge in [0.25, 0.3) is 0 Å². The van der Waals surface area contributed by atoms with Gasteiger partial charge < -0.3 is 5.32 Å². The van der Waals surface area contributed by atoms with E-state index in [1.54, 1.807) is 6.08 Å². The monoisotopic (exact) mass is 573 g/mol. The molecule has 0 saturated heterocycles. The largest absolute Gasteiger partial charge is 0.416 e. The normalized spacial score (nSPS) is 15.5. The van der Waals surface area contributed by atoms with Gasteiger partial charge in [-0.25, -0.2) is 8.42 Å². The maximum absolute atomic E-state index is 13.2. The molecule has 0 amide bonds. The lowest BCUT2D eigenvalue weighted by molar-refractivity contribution is -0.137. The Morgan fingerprint density at radius 3 is 2.22 bits per heavy atom. The highest BCUT2D eigenvalue weighted by atomic mass is 32.2. The van der Waals surface area contributed by atoms with Crippen LogP contribution in [0.2, 0.25) is 0 Å². The van der Waals surface area contributed by atoms with Gasteiger partial charge in [-0.1, -0.05) is 85.0 Å². The van der Waals surface area contributed by atoms with E-state index in [2.05, 4.69) is 17.4 Å². The van der Waals surface area contributed by atoms with Crippen molar-refractivity contribution in [2.45, 2.75) is 31.9 Å². The molecule has 0 unspecified atom stereocenters. The fourth-order valence-corrected chi connectivity index (χ4v) is 6.89. The first-order valence-electron chi connectivity index (χ1n) is 13.5. The number of alkyl halides is 3. The maximum Gasteiger partial charge on any atom is 0.416 e. The van der Waals surface area contributed by atoms with Crippen molar-refractivity contribution in [2.75, 3.05) is 5.75 Å². The Labute approximate surface area is 239 Å². The molecule has 0 fully saturated rings. The van der Waals surface area contributed by atoms with Crippen LogP contribution in [0.1, 0.15) is 39.8 Å². The van der Waals surface area contributed by atoms with E-state index in [4.69, 9.17) is 0 Å². The van der Waals surface area contributed by atoms with Crippen LogP contribution in [0.5, 0.6) is 0 Å². The average Bonchev–Trinajstić information content (AvgIpc) is 3.30. The van der Waals surface area contributed by atoms with Crippen molar-refractivity contribution in [3.8, 4) is 11.1 Å². The number of nitrogens with one attached hydrogen (secondary N) is 1. The number of sulfone groups is 1. The predicted octanol–water partition coefficient (Wildman–Crippen LogP) is 8.06. The van der Waals surface area contributed by atoms with Gasteiger partial charge in [0, 0.05) is 12.4 Å². The number of hydrogen-bond donors (Lipinski definition) is 1. The molecule has 6 rings (SSSR count). The molecule has 1 aliphatic heterocycles. The van der Waals surface area contributed by atoms with Gasteiger partial charge in [-0.05, 0) is 82.8 Å². The molecule has 3 aliphatic rings. The molecule has 1 N–H and O–H groups in total. The second-order valence-electron chi connectivity index (χ2n) is 9.92. The van der Waals surface area contributed by atoms with Crippen molar-refractivity contribution in [1.29, 1.82) is 0 Å². The molecule has 7 heteroatoms. The molecular weight excluding hydrogens is 543 g/mol. The van der Waals surface area contributed by atoms with Crippen LogP contribution in [0.25, 0.3) is 22.1 Å². The molecule has 210 valence electrons. The minimum absolute atomic E-state index is 0.0454. The number of aryl methyl sites for hydroxylation is 1. The fourth-order valence-electron chi connectivity index (χ4n) is 5.46. The van der Waals surface area contributed by atoms with E-state index in [-0.39, 0.29) is 16.2 Å². The Bertz CT molecular complexity index is 1680. The summed E-state index contributed by atoms with van der Waals surface area (Å²) in [6.07, 6.45) is 14.6. The summed E-state index contributed by atoms with van der Waals surface area (Å²) in [4.78, 5) is 0.282. The molecule has 0 atom stereocenters. The summed E-state index contributed by atoms with van der Waals surface area (Å²) >= 11 is 0. The fraction of sp³-hybridized carbons (Fsp3) is 0.176. The summed E-state index contributed by atoms with van der Waals surface area (Å²) in [5.74, 6) is -0.357. The van der Waals surface area contributed by atoms with Crippen LogP contribution in [0.15, 0.2) is 110 Å². The Morgan fingerprint density at radius 2 is 1.44 bits per heavy atom. The molecule has 0 saturated carbocycles. The van der Waals surface area contributed by atoms with Crippen molar-refractivity contribution in [3.63, 3.8) is 0 Å². The van der Waals surface area contributed by atoms with Gasteiger partial charge in [0.1, 0.15) is 0 Å². The molecular formula is C34H30F3NO2S. The molecule has 3 aromatic rings. The van der Waals surface area contributed by atoms with E-state index < -0.39 is 21.6 Å². The second kappa shape index (κ2) is 12.2. The van der Waals surface area contributed by atoms with Crippen molar-refractivity contribution >= 4 is 20.8 Å². The lowest BCUT2D eigenvalue weighted by atomic mass is 9.79. The Morgan fingerprint density at radius 1 is 0.756 bits per heavy atom. The topological polar surface area (TPSA) is 46.2 Å². The van der Waals surface area contributed by atoms with Gasteiger partial charge >= 0.3 is 6.18 Å². The van der Waals surface area contributed by atoms with Crippen molar-refractivity contribution in [1.82, 2.24) is 5.32 Å². The zero-order valence-electron chi connectivity index (χ0n) is 22.4. The molecule has 41 heavy (non-hydrogen) atoms. The third kappa shape index (κ3) is 6.46. The molecule has 1 heterocycles. The van der Waals surface area contributed by atoms with E-state index in [1.165, 1.54) is 52.6 Å². The minimum atomic E-state index is -4.50. The smallest absolute Gasteiger partial charge is 0.368 e. The SMILES string of the molecule is C1=CC=CNC=C1.O=S(=O)(CC=Cc1ccccc1C(F)(F)F)C1=CCCc2c1ccc1c2CCc2ccccc2-1. The van der Waals surface area contributed by atoms with Crippen LogP contribution in [0.4, 0.5) is 13.2 Å². The van der Waals surface area contributed by atoms with Crippen molar-refractivity contribution in [2.24, 2.45) is 0 Å². The number of fused-ring (bicyclic) bond motifs is 5. The van der Waals surface area contributed by atoms with Crippen molar-refractivity contribution < 1.29 is 21.6 Å². The van der Waals surface area contributed by atoms with Gasteiger partial charge in [-0.15, -0.1) is 0 Å². The van der Waals surface area contributed by atoms with E-state index in [0.717, 1.165) is 36.5 Å². The number of benzene rings is 3. The number of halogens is 3. The van der Waals surface area contributed by atoms with Crippen molar-refractivity contribution in [3.05, 3.63) is 143 Å². The highest BCUT2D eigenvalue weighted by Gasteiger charge is 2.32. The van der Waals surface area contributed by atoms with E-state index in [0.29, 0.717) is 6.42 Å². The zero-order chi connectivity index (χ0) is 28.9. The van der Waals surface area contributed by atoms with Gasteiger partial charge in [0.05, 0.1) is 16.2 Å². The molecule has 0 aromatic heterocycles. The molecule has 0 bridgehead atoms. The van der Waals surface area contributed by atoms with Gasteiger partial charge in [-0.2, -0.15) is 13.2 Å². The second-order valence-corrected chi connectivity index (χ2v) is 11.9. The Hall–Kier alpha value is -4.10. The van der Waals surface area contributed by atoms with Gasteiger partial charge in [0.2, 0.25) is 0 Å². The Balaban J connectivity index is 0.000000423. The van der Waals surface area contributed by atoms with Gasteiger partial charge in [0.15, 0.2) is 9.84 Å². The van der Waals surface area contributed by atoms with Crippen LogP contribution in [0.3, 0.4) is 0 Å². The first-order chi connectivity index (χ1) is 19.8.